The Bertz CT molecular complexity index is 115. The van der Waals surface area contributed by atoms with E-state index in [-0.39, 0.29) is 21.9 Å². The summed E-state index contributed by atoms with van der Waals surface area (Å²) in [6, 6.07) is 0. The van der Waals surface area contributed by atoms with E-state index < -0.39 is 11.9 Å². The van der Waals surface area contributed by atoms with Crippen molar-refractivity contribution in [2.45, 2.75) is 33.7 Å². The number of carboxylic acid groups (broad SMARTS) is 1. The van der Waals surface area contributed by atoms with Gasteiger partial charge in [0.2, 0.25) is 0 Å². The van der Waals surface area contributed by atoms with Crippen LogP contribution in [0.15, 0.2) is 0 Å². The van der Waals surface area contributed by atoms with Crippen molar-refractivity contribution in [3.05, 3.63) is 0 Å². The monoisotopic (exact) mass is 314 g/mol. The van der Waals surface area contributed by atoms with Gasteiger partial charge in [-0.15, -0.1) is 0 Å². The second kappa shape index (κ2) is 42.9. The molecule has 0 unspecified atom stereocenters. The molecule has 0 saturated heterocycles. The zero-order valence-electron chi connectivity index (χ0n) is 13.5. The van der Waals surface area contributed by atoms with Crippen LogP contribution >= 0.6 is 0 Å². The second-order valence-corrected chi connectivity index (χ2v) is 1.99. The number of rotatable bonds is 3. The Morgan fingerprint density at radius 1 is 0.850 bits per heavy atom. The molecule has 0 amide bonds. The average molecular weight is 314 g/mol. The first-order chi connectivity index (χ1) is 7.41. The topological polar surface area (TPSA) is 211 Å². The summed E-state index contributed by atoms with van der Waals surface area (Å²) in [5, 5.41) is 14.4. The molecule has 10 heteroatoms. The fraction of sp³-hybridized carbons (Fsp3) is 0.900. The standard InChI is InChI=1S/C5H12O3.C2H4O2.C2H6.CH4O.4H2O/c1-5(6-2,7-3)8-4;1-2(3)4;2*1-2;;;;/h1-4H3;1H3,(H,3,4);1-2H3;2H,1H3;4*1H2. The van der Waals surface area contributed by atoms with Crippen molar-refractivity contribution in [3.63, 3.8) is 0 Å². The summed E-state index contributed by atoms with van der Waals surface area (Å²) >= 11 is 0. The molecule has 0 bridgehead atoms. The van der Waals surface area contributed by atoms with Gasteiger partial charge in [-0.1, -0.05) is 13.8 Å². The Morgan fingerprint density at radius 2 is 0.950 bits per heavy atom. The summed E-state index contributed by atoms with van der Waals surface area (Å²) in [6.45, 7) is 6.77. The van der Waals surface area contributed by atoms with Crippen molar-refractivity contribution in [1.82, 2.24) is 0 Å². The van der Waals surface area contributed by atoms with Crippen LogP contribution in [0, 0.1) is 0 Å². The summed E-state index contributed by atoms with van der Waals surface area (Å²) in [5.41, 5.74) is 0. The van der Waals surface area contributed by atoms with Crippen molar-refractivity contribution in [3.8, 4) is 0 Å². The number of aliphatic hydroxyl groups excluding tert-OH is 1. The number of methoxy groups -OCH3 is 3. The van der Waals surface area contributed by atoms with E-state index in [1.54, 1.807) is 6.92 Å². The third-order valence-electron chi connectivity index (χ3n) is 1.11. The van der Waals surface area contributed by atoms with Crippen molar-refractivity contribution in [1.29, 1.82) is 0 Å². The van der Waals surface area contributed by atoms with Crippen molar-refractivity contribution < 1.29 is 51.1 Å². The Morgan fingerprint density at radius 3 is 0.950 bits per heavy atom. The minimum atomic E-state index is -0.875. The Balaban J connectivity index is -0.0000000176. The lowest BCUT2D eigenvalue weighted by molar-refractivity contribution is -0.340. The molecule has 0 spiro atoms. The zero-order valence-corrected chi connectivity index (χ0v) is 13.5. The minimum Gasteiger partial charge on any atom is -0.481 e. The molecule has 0 aromatic rings. The normalized spacial score (nSPS) is 6.65. The molecule has 0 aromatic heterocycles. The van der Waals surface area contributed by atoms with Gasteiger partial charge in [0.15, 0.2) is 0 Å². The third kappa shape index (κ3) is 67.3. The summed E-state index contributed by atoms with van der Waals surface area (Å²) in [5.74, 6) is -1.71. The van der Waals surface area contributed by atoms with Gasteiger partial charge in [-0.05, 0) is 0 Å². The third-order valence-corrected chi connectivity index (χ3v) is 1.11. The predicted molar refractivity (Wildman–Crippen MR) is 76.7 cm³/mol. The maximum Gasteiger partial charge on any atom is 0.300 e. The second-order valence-electron chi connectivity index (χ2n) is 1.99. The molecular formula is C10H34O10. The lowest BCUT2D eigenvalue weighted by Crippen LogP contribution is -2.31. The number of carboxylic acids is 1. The number of hydrogen-bond donors (Lipinski definition) is 2. The highest BCUT2D eigenvalue weighted by atomic mass is 16.9. The zero-order chi connectivity index (χ0) is 14.2. The van der Waals surface area contributed by atoms with Crippen LogP contribution in [-0.4, -0.2) is 72.5 Å². The maximum atomic E-state index is 9.00. The molecule has 0 heterocycles. The molecule has 0 fully saturated rings. The summed E-state index contributed by atoms with van der Waals surface area (Å²) in [7, 11) is 5.56. The highest BCUT2D eigenvalue weighted by Gasteiger charge is 2.20. The highest BCUT2D eigenvalue weighted by molar-refractivity contribution is 5.62. The maximum absolute atomic E-state index is 9.00. The fourth-order valence-electron chi connectivity index (χ4n) is 0.250. The smallest absolute Gasteiger partial charge is 0.300 e. The van der Waals surface area contributed by atoms with E-state index in [9.17, 15) is 0 Å². The first-order valence-corrected chi connectivity index (χ1v) is 4.71. The lowest BCUT2D eigenvalue weighted by atomic mass is 10.6. The van der Waals surface area contributed by atoms with E-state index >= 15 is 0 Å². The average Bonchev–Trinajstić information content (AvgIpc) is 2.32. The number of carbonyl (C=O) groups is 1. The van der Waals surface area contributed by atoms with E-state index in [0.29, 0.717) is 0 Å². The number of hydrogen-bond acceptors (Lipinski definition) is 5. The number of ether oxygens (including phenoxy) is 3. The molecular weight excluding hydrogens is 280 g/mol. The SMILES string of the molecule is CC.CC(=O)O.CO.COC(C)(OC)OC.O.O.O.O. The van der Waals surface area contributed by atoms with Crippen molar-refractivity contribution in [2.75, 3.05) is 28.4 Å². The van der Waals surface area contributed by atoms with E-state index in [0.717, 1.165) is 14.0 Å². The Hall–Kier alpha value is -0.850. The molecule has 20 heavy (non-hydrogen) atoms. The van der Waals surface area contributed by atoms with Crippen LogP contribution < -0.4 is 0 Å². The van der Waals surface area contributed by atoms with Crippen LogP contribution in [0.5, 0.6) is 0 Å². The quantitative estimate of drug-likeness (QED) is 0.563. The molecule has 0 rings (SSSR count). The summed E-state index contributed by atoms with van der Waals surface area (Å²) in [6.07, 6.45) is 0. The van der Waals surface area contributed by atoms with E-state index in [4.69, 9.17) is 29.2 Å². The molecule has 0 atom stereocenters. The summed E-state index contributed by atoms with van der Waals surface area (Å²) in [4.78, 5) is 9.00. The predicted octanol–water partition coefficient (Wildman–Crippen LogP) is -1.97. The van der Waals surface area contributed by atoms with Crippen LogP contribution in [0.3, 0.4) is 0 Å². The molecule has 0 aliphatic rings. The van der Waals surface area contributed by atoms with E-state index in [1.807, 2.05) is 13.8 Å². The van der Waals surface area contributed by atoms with Gasteiger partial charge >= 0.3 is 0 Å². The van der Waals surface area contributed by atoms with Crippen LogP contribution in [0.4, 0.5) is 0 Å². The van der Waals surface area contributed by atoms with Gasteiger partial charge in [0.1, 0.15) is 0 Å². The van der Waals surface area contributed by atoms with Crippen LogP contribution in [0.25, 0.3) is 0 Å². The van der Waals surface area contributed by atoms with Gasteiger partial charge in [0.25, 0.3) is 11.9 Å². The van der Waals surface area contributed by atoms with Gasteiger partial charge in [0.05, 0.1) is 0 Å². The van der Waals surface area contributed by atoms with E-state index in [1.165, 1.54) is 21.3 Å². The van der Waals surface area contributed by atoms with Gasteiger partial charge in [-0.3, -0.25) is 4.79 Å². The van der Waals surface area contributed by atoms with Gasteiger partial charge in [0, 0.05) is 42.3 Å². The molecule has 0 aromatic carbocycles. The molecule has 10 N–H and O–H groups in total. The van der Waals surface area contributed by atoms with Gasteiger partial charge in [-0.2, -0.15) is 0 Å². The molecule has 0 aliphatic heterocycles. The molecule has 0 saturated carbocycles. The molecule has 10 nitrogen and oxygen atoms in total. The first kappa shape index (κ1) is 50.7. The number of aliphatic carboxylic acids is 1. The highest BCUT2D eigenvalue weighted by Crippen LogP contribution is 2.08. The summed E-state index contributed by atoms with van der Waals surface area (Å²) < 4.78 is 14.4. The van der Waals surface area contributed by atoms with Crippen molar-refractivity contribution >= 4 is 5.97 Å². The molecule has 134 valence electrons. The first-order valence-electron chi connectivity index (χ1n) is 4.71. The van der Waals surface area contributed by atoms with E-state index in [2.05, 4.69) is 0 Å². The molecule has 0 radical (unpaired) electrons. The lowest BCUT2D eigenvalue weighted by Gasteiger charge is -2.23. The van der Waals surface area contributed by atoms with Gasteiger partial charge < -0.3 is 46.3 Å². The number of aliphatic hydroxyl groups is 1. The van der Waals surface area contributed by atoms with Crippen molar-refractivity contribution in [2.24, 2.45) is 0 Å². The largest absolute Gasteiger partial charge is 0.481 e. The Labute approximate surface area is 120 Å². The van der Waals surface area contributed by atoms with Crippen LogP contribution in [0.2, 0.25) is 0 Å². The van der Waals surface area contributed by atoms with Crippen LogP contribution in [-0.2, 0) is 19.0 Å². The van der Waals surface area contributed by atoms with Crippen LogP contribution in [0.1, 0.15) is 27.7 Å². The minimum absolute atomic E-state index is 0. The fourth-order valence-corrected chi connectivity index (χ4v) is 0.250. The Kier molecular flexibility index (Phi) is 109. The molecule has 0 aliphatic carbocycles. The van der Waals surface area contributed by atoms with Gasteiger partial charge in [-0.25, -0.2) is 0 Å².